The zero-order chi connectivity index (χ0) is 32.7. The van der Waals surface area contributed by atoms with Gasteiger partial charge in [0.2, 0.25) is 0 Å². The summed E-state index contributed by atoms with van der Waals surface area (Å²) in [5.74, 6) is 3.17. The molecular formula is C37H61N7S. The number of nitrogens with one attached hydrogen (secondary N) is 2. The summed E-state index contributed by atoms with van der Waals surface area (Å²) in [5.41, 5.74) is 14.5. The van der Waals surface area contributed by atoms with Crippen molar-refractivity contribution < 1.29 is 0 Å². The number of hydrazone groups is 1. The molecule has 7 nitrogen and oxygen atoms in total. The van der Waals surface area contributed by atoms with Crippen LogP contribution in [-0.2, 0) is 0 Å². The second-order valence-electron chi connectivity index (χ2n) is 14.5. The van der Waals surface area contributed by atoms with E-state index >= 15 is 0 Å². The number of allylic oxidation sites excluding steroid dienone is 4. The lowest BCUT2D eigenvalue weighted by molar-refractivity contribution is 0.277. The van der Waals surface area contributed by atoms with Crippen LogP contribution in [0.25, 0.3) is 0 Å². The van der Waals surface area contributed by atoms with Gasteiger partial charge in [-0.25, -0.2) is 5.01 Å². The summed E-state index contributed by atoms with van der Waals surface area (Å²) in [4.78, 5) is 2.44. The van der Waals surface area contributed by atoms with Gasteiger partial charge in [0.1, 0.15) is 0 Å². The van der Waals surface area contributed by atoms with E-state index < -0.39 is 0 Å². The van der Waals surface area contributed by atoms with E-state index in [1.807, 2.05) is 48.8 Å². The highest BCUT2D eigenvalue weighted by molar-refractivity contribution is 7.98. The Hall–Kier alpha value is -2.13. The molecule has 250 valence electrons. The molecule has 5 aliphatic rings. The van der Waals surface area contributed by atoms with E-state index in [0.717, 1.165) is 66.9 Å². The minimum atomic E-state index is 0.0350. The highest BCUT2D eigenvalue weighted by atomic mass is 32.2. The Balaban J connectivity index is 0.000000360. The minimum Gasteiger partial charge on any atom is -0.349 e. The van der Waals surface area contributed by atoms with Crippen LogP contribution >= 0.6 is 11.9 Å². The Labute approximate surface area is 278 Å². The third kappa shape index (κ3) is 8.62. The number of rotatable bonds is 15. The van der Waals surface area contributed by atoms with E-state index in [1.165, 1.54) is 38.5 Å². The number of nitrogens with zero attached hydrogens (tertiary/aromatic N) is 3. The van der Waals surface area contributed by atoms with Crippen LogP contribution in [0.1, 0.15) is 91.9 Å². The molecule has 2 aliphatic heterocycles. The molecule has 0 amide bonds. The lowest BCUT2D eigenvalue weighted by Gasteiger charge is -2.35. The van der Waals surface area contributed by atoms with Crippen molar-refractivity contribution in [2.24, 2.45) is 45.2 Å². The van der Waals surface area contributed by atoms with Crippen LogP contribution in [0.5, 0.6) is 0 Å². The van der Waals surface area contributed by atoms with Gasteiger partial charge in [0.25, 0.3) is 0 Å². The largest absolute Gasteiger partial charge is 0.349 e. The Morgan fingerprint density at radius 3 is 2.49 bits per heavy atom. The molecule has 2 spiro atoms. The van der Waals surface area contributed by atoms with Crippen molar-refractivity contribution in [3.8, 4) is 0 Å². The van der Waals surface area contributed by atoms with Crippen molar-refractivity contribution in [3.05, 3.63) is 61.0 Å². The number of likely N-dealkylation sites (tertiary alicyclic amines) is 1. The van der Waals surface area contributed by atoms with Gasteiger partial charge in [-0.1, -0.05) is 50.6 Å². The SMILES string of the molecule is C=CC1=CC=CN(/C=C\C(=N)CCCC2C3(CC3)C23CC3)N=C1N1CC(CCCN)CC1(C)C.CNSC(C)[C@@H](C)/C=C\CN. The van der Waals surface area contributed by atoms with Crippen molar-refractivity contribution >= 4 is 23.5 Å². The molecule has 5 rings (SSSR count). The highest BCUT2D eigenvalue weighted by Crippen LogP contribution is 2.93. The lowest BCUT2D eigenvalue weighted by atomic mass is 9.93. The molecule has 2 unspecified atom stereocenters. The molecule has 0 radical (unpaired) electrons. The maximum Gasteiger partial charge on any atom is 0.157 e. The molecule has 0 bridgehead atoms. The number of amidine groups is 1. The van der Waals surface area contributed by atoms with Gasteiger partial charge in [0, 0.05) is 47.6 Å². The molecule has 1 saturated heterocycles. The van der Waals surface area contributed by atoms with Crippen LogP contribution in [0, 0.1) is 34.0 Å². The zero-order valence-electron chi connectivity index (χ0n) is 28.7. The van der Waals surface area contributed by atoms with Gasteiger partial charge in [-0.2, -0.15) is 5.10 Å². The first-order chi connectivity index (χ1) is 21.6. The van der Waals surface area contributed by atoms with Gasteiger partial charge in [0.15, 0.2) is 5.84 Å². The van der Waals surface area contributed by atoms with E-state index in [0.29, 0.717) is 29.3 Å². The van der Waals surface area contributed by atoms with E-state index in [9.17, 15) is 0 Å². The summed E-state index contributed by atoms with van der Waals surface area (Å²) in [6.45, 7) is 15.5. The minimum absolute atomic E-state index is 0.0350. The Kier molecular flexibility index (Phi) is 12.4. The maximum atomic E-state index is 8.47. The van der Waals surface area contributed by atoms with Crippen LogP contribution in [-0.4, -0.2) is 58.9 Å². The summed E-state index contributed by atoms with van der Waals surface area (Å²) in [6, 6.07) is 0. The molecule has 2 heterocycles. The monoisotopic (exact) mass is 635 g/mol. The first kappa shape index (κ1) is 35.7. The third-order valence-corrected chi connectivity index (χ3v) is 12.1. The van der Waals surface area contributed by atoms with Gasteiger partial charge in [-0.3, -0.25) is 4.72 Å². The molecule has 6 N–H and O–H groups in total. The molecule has 4 fully saturated rings. The number of hydrogen-bond donors (Lipinski definition) is 4. The van der Waals surface area contributed by atoms with Crippen molar-refractivity contribution in [2.75, 3.05) is 26.7 Å². The molecule has 8 heteroatoms. The van der Waals surface area contributed by atoms with Gasteiger partial charge in [-0.05, 0) is 138 Å². The van der Waals surface area contributed by atoms with Crippen molar-refractivity contribution in [1.82, 2.24) is 14.6 Å². The van der Waals surface area contributed by atoms with E-state index in [1.54, 1.807) is 11.9 Å². The molecular weight excluding hydrogens is 575 g/mol. The molecule has 45 heavy (non-hydrogen) atoms. The summed E-state index contributed by atoms with van der Waals surface area (Å²) in [7, 11) is 1.94. The molecule has 0 aromatic carbocycles. The molecule has 3 atom stereocenters. The zero-order valence-corrected chi connectivity index (χ0v) is 29.5. The molecule has 0 aromatic heterocycles. The normalized spacial score (nSPS) is 25.2. The van der Waals surface area contributed by atoms with Gasteiger partial charge >= 0.3 is 0 Å². The van der Waals surface area contributed by atoms with E-state index in [2.05, 4.69) is 56.0 Å². The predicted octanol–water partition coefficient (Wildman–Crippen LogP) is 7.37. The molecule has 3 aliphatic carbocycles. The lowest BCUT2D eigenvalue weighted by Crippen LogP contribution is -2.43. The second-order valence-corrected chi connectivity index (χ2v) is 15.9. The summed E-state index contributed by atoms with van der Waals surface area (Å²) < 4.78 is 3.08. The quantitative estimate of drug-likeness (QED) is 0.0851. The predicted molar refractivity (Wildman–Crippen MR) is 195 cm³/mol. The maximum absolute atomic E-state index is 8.47. The Morgan fingerprint density at radius 1 is 1.18 bits per heavy atom. The number of fused-ring (bicyclic) bond motifs is 1. The standard InChI is InChI=1S/C29H43N5.C8H18N2S/c1-4-23-9-7-18-33(32-26(23)34-21-22(8-6-17-30)20-27(34,2)3)19-12-24(31)10-5-11-25-28(13-14-28)29(25)15-16-29;1-7(5-4-6-9)8(2)11-10-3/h4,7,9,12,18-19,22,25,31H,1,5-6,8,10-11,13-17,20-21,30H2,2-3H3;4-5,7-8,10H,6,9H2,1-3H3/b19-12-,31-24?;5-4-/t;7-,8?/m.0/s1. The molecule has 3 saturated carbocycles. The van der Waals surface area contributed by atoms with Crippen molar-refractivity contribution in [2.45, 2.75) is 103 Å². The fourth-order valence-corrected chi connectivity index (χ4v) is 8.84. The smallest absolute Gasteiger partial charge is 0.157 e. The van der Waals surface area contributed by atoms with E-state index in [4.69, 9.17) is 22.0 Å². The van der Waals surface area contributed by atoms with Crippen molar-refractivity contribution in [1.29, 1.82) is 5.41 Å². The van der Waals surface area contributed by atoms with Crippen LogP contribution in [0.15, 0.2) is 66.1 Å². The fourth-order valence-electron chi connectivity index (χ4n) is 8.17. The number of hydrogen-bond acceptors (Lipinski definition) is 8. The summed E-state index contributed by atoms with van der Waals surface area (Å²) in [6.07, 6.45) is 28.7. The van der Waals surface area contributed by atoms with Crippen LogP contribution in [0.3, 0.4) is 0 Å². The first-order valence-electron chi connectivity index (χ1n) is 17.4. The topological polar surface area (TPSA) is 107 Å². The second kappa shape index (κ2) is 15.6. The average Bonchev–Trinajstić information content (AvgIpc) is 3.95. The van der Waals surface area contributed by atoms with Crippen LogP contribution < -0.4 is 16.2 Å². The Morgan fingerprint density at radius 2 is 1.89 bits per heavy atom. The summed E-state index contributed by atoms with van der Waals surface area (Å²) in [5, 5.41) is 15.9. The van der Waals surface area contributed by atoms with Crippen LogP contribution in [0.2, 0.25) is 0 Å². The van der Waals surface area contributed by atoms with Gasteiger partial charge in [-0.15, -0.1) is 0 Å². The van der Waals surface area contributed by atoms with Gasteiger partial charge < -0.3 is 21.8 Å². The highest BCUT2D eigenvalue weighted by Gasteiger charge is 2.85. The fraction of sp³-hybridized carbons (Fsp3) is 0.676. The van der Waals surface area contributed by atoms with Crippen LogP contribution in [0.4, 0.5) is 0 Å². The summed E-state index contributed by atoms with van der Waals surface area (Å²) >= 11 is 1.75. The third-order valence-electron chi connectivity index (χ3n) is 11.0. The van der Waals surface area contributed by atoms with Gasteiger partial charge in [0.05, 0.1) is 0 Å². The number of nitrogens with two attached hydrogens (primary N) is 2. The van der Waals surface area contributed by atoms with E-state index in [-0.39, 0.29) is 5.54 Å². The first-order valence-corrected chi connectivity index (χ1v) is 18.3. The van der Waals surface area contributed by atoms with Crippen molar-refractivity contribution in [3.63, 3.8) is 0 Å². The molecule has 0 aromatic rings. The Bertz CT molecular complexity index is 1160. The average molecular weight is 636 g/mol.